The number of nitrogens with one attached hydrogen (secondary N) is 1. The van der Waals surface area contributed by atoms with Crippen LogP contribution < -0.4 is 5.32 Å². The lowest BCUT2D eigenvalue weighted by Gasteiger charge is -2.19. The average molecular weight is 338 g/mol. The summed E-state index contributed by atoms with van der Waals surface area (Å²) >= 11 is 0. The molecule has 0 aliphatic heterocycles. The molecule has 1 heterocycles. The third-order valence-electron chi connectivity index (χ3n) is 4.22. The van der Waals surface area contributed by atoms with Gasteiger partial charge in [-0.15, -0.1) is 0 Å². The van der Waals surface area contributed by atoms with Crippen LogP contribution in [0.2, 0.25) is 0 Å². The van der Waals surface area contributed by atoms with Crippen molar-refractivity contribution in [2.24, 2.45) is 0 Å². The number of carbonyl (C=O) groups excluding carboxylic acids is 1. The lowest BCUT2D eigenvalue weighted by Crippen LogP contribution is -2.31. The third-order valence-corrected chi connectivity index (χ3v) is 4.22. The largest absolute Gasteiger partial charge is 0.393 e. The number of carbonyl (C=O) groups is 1. The maximum Gasteiger partial charge on any atom is 0.226 e. The van der Waals surface area contributed by atoms with E-state index in [2.05, 4.69) is 10.5 Å². The number of rotatable bonds is 7. The van der Waals surface area contributed by atoms with Gasteiger partial charge in [-0.25, -0.2) is 0 Å². The summed E-state index contributed by atoms with van der Waals surface area (Å²) in [5, 5.41) is 17.6. The van der Waals surface area contributed by atoms with Gasteiger partial charge in [0.2, 0.25) is 5.91 Å². The number of amides is 1. The highest BCUT2D eigenvalue weighted by atomic mass is 16.5. The van der Waals surface area contributed by atoms with Crippen LogP contribution in [0.1, 0.15) is 30.5 Å². The summed E-state index contributed by atoms with van der Waals surface area (Å²) in [6.07, 6.45) is 0.339. The Labute approximate surface area is 146 Å². The summed E-state index contributed by atoms with van der Waals surface area (Å²) < 4.78 is 5.23. The monoisotopic (exact) mass is 338 g/mol. The first-order chi connectivity index (χ1) is 12.1. The van der Waals surface area contributed by atoms with Crippen LogP contribution in [0.3, 0.4) is 0 Å². The van der Waals surface area contributed by atoms with E-state index in [4.69, 9.17) is 4.52 Å². The normalized spacial score (nSPS) is 13.5. The Morgan fingerprint density at radius 3 is 2.64 bits per heavy atom. The van der Waals surface area contributed by atoms with Crippen LogP contribution in [0, 0.1) is 0 Å². The molecule has 25 heavy (non-hydrogen) atoms. The summed E-state index contributed by atoms with van der Waals surface area (Å²) in [5.74, 6) is -0.0372. The van der Waals surface area contributed by atoms with Crippen LogP contribution in [0.5, 0.6) is 0 Å². The minimum absolute atomic E-state index is 0.0687. The van der Waals surface area contributed by atoms with Gasteiger partial charge in [0.05, 0.1) is 12.5 Å². The molecule has 3 rings (SSSR count). The number of benzene rings is 2. The Morgan fingerprint density at radius 2 is 1.88 bits per heavy atom. The third kappa shape index (κ3) is 4.45. The fourth-order valence-corrected chi connectivity index (χ4v) is 2.99. The molecule has 0 bridgehead atoms. The van der Waals surface area contributed by atoms with Gasteiger partial charge in [-0.3, -0.25) is 4.79 Å². The Hall–Kier alpha value is -2.66. The standard InChI is InChI=1S/C20H22N2O3/c1-14(23)11-16(15-7-3-2-4-8-15)13-21-20(24)12-18-17-9-5-6-10-19(17)25-22-18/h2-10,14,16,23H,11-13H2,1H3,(H,21,24). The van der Waals surface area contributed by atoms with Crippen molar-refractivity contribution >= 4 is 16.9 Å². The number of nitrogens with zero attached hydrogens (tertiary/aromatic N) is 1. The molecule has 0 fully saturated rings. The molecule has 5 nitrogen and oxygen atoms in total. The van der Waals surface area contributed by atoms with Crippen LogP contribution in [0.4, 0.5) is 0 Å². The lowest BCUT2D eigenvalue weighted by atomic mass is 9.93. The number of aromatic nitrogens is 1. The predicted molar refractivity (Wildman–Crippen MR) is 96.2 cm³/mol. The van der Waals surface area contributed by atoms with E-state index in [1.807, 2.05) is 54.6 Å². The van der Waals surface area contributed by atoms with Gasteiger partial charge in [0, 0.05) is 17.8 Å². The van der Waals surface area contributed by atoms with Crippen molar-refractivity contribution in [3.8, 4) is 0 Å². The highest BCUT2D eigenvalue weighted by Crippen LogP contribution is 2.21. The Balaban J connectivity index is 1.63. The molecule has 0 saturated heterocycles. The van der Waals surface area contributed by atoms with Gasteiger partial charge < -0.3 is 14.9 Å². The van der Waals surface area contributed by atoms with E-state index < -0.39 is 6.10 Å². The molecular weight excluding hydrogens is 316 g/mol. The van der Waals surface area contributed by atoms with E-state index in [1.165, 1.54) is 0 Å². The maximum atomic E-state index is 12.3. The Bertz CT molecular complexity index is 827. The molecule has 2 unspecified atom stereocenters. The van der Waals surface area contributed by atoms with Crippen molar-refractivity contribution < 1.29 is 14.4 Å². The molecule has 5 heteroatoms. The summed E-state index contributed by atoms with van der Waals surface area (Å²) in [6, 6.07) is 17.4. The maximum absolute atomic E-state index is 12.3. The second-order valence-electron chi connectivity index (χ2n) is 6.30. The van der Waals surface area contributed by atoms with Gasteiger partial charge in [0.1, 0.15) is 5.69 Å². The molecule has 0 saturated carbocycles. The Kier molecular flexibility index (Phi) is 5.46. The fourth-order valence-electron chi connectivity index (χ4n) is 2.99. The van der Waals surface area contributed by atoms with Crippen molar-refractivity contribution in [2.75, 3.05) is 6.54 Å². The van der Waals surface area contributed by atoms with Crippen LogP contribution >= 0.6 is 0 Å². The van der Waals surface area contributed by atoms with Gasteiger partial charge in [-0.1, -0.05) is 47.6 Å². The molecule has 1 aromatic heterocycles. The molecule has 0 aliphatic carbocycles. The topological polar surface area (TPSA) is 75.4 Å². The highest BCUT2D eigenvalue weighted by molar-refractivity contribution is 5.86. The molecule has 0 radical (unpaired) electrons. The van der Waals surface area contributed by atoms with Crippen molar-refractivity contribution in [3.63, 3.8) is 0 Å². The summed E-state index contributed by atoms with van der Waals surface area (Å²) in [5.41, 5.74) is 2.43. The number of aliphatic hydroxyl groups excluding tert-OH is 1. The lowest BCUT2D eigenvalue weighted by molar-refractivity contribution is -0.120. The van der Waals surface area contributed by atoms with Crippen molar-refractivity contribution in [3.05, 3.63) is 65.9 Å². The zero-order chi connectivity index (χ0) is 17.6. The van der Waals surface area contributed by atoms with Gasteiger partial charge in [-0.2, -0.15) is 0 Å². The van der Waals surface area contributed by atoms with E-state index >= 15 is 0 Å². The minimum atomic E-state index is -0.429. The van der Waals surface area contributed by atoms with Gasteiger partial charge in [0.15, 0.2) is 5.58 Å². The molecule has 0 aliphatic rings. The molecule has 3 aromatic rings. The first kappa shape index (κ1) is 17.2. The molecular formula is C20H22N2O3. The van der Waals surface area contributed by atoms with E-state index in [0.717, 1.165) is 10.9 Å². The van der Waals surface area contributed by atoms with Gasteiger partial charge in [0.25, 0.3) is 0 Å². The van der Waals surface area contributed by atoms with Crippen molar-refractivity contribution in [1.29, 1.82) is 0 Å². The van der Waals surface area contributed by atoms with E-state index in [9.17, 15) is 9.90 Å². The average Bonchev–Trinajstić information content (AvgIpc) is 3.02. The predicted octanol–water partition coefficient (Wildman–Crippen LogP) is 3.04. The van der Waals surface area contributed by atoms with Crippen LogP contribution in [0.25, 0.3) is 11.0 Å². The van der Waals surface area contributed by atoms with Crippen LogP contribution in [0.15, 0.2) is 59.1 Å². The zero-order valence-corrected chi connectivity index (χ0v) is 14.2. The molecule has 2 atom stereocenters. The highest BCUT2D eigenvalue weighted by Gasteiger charge is 2.17. The Morgan fingerprint density at radius 1 is 1.16 bits per heavy atom. The number of fused-ring (bicyclic) bond motifs is 1. The number of para-hydroxylation sites is 1. The second kappa shape index (κ2) is 7.94. The number of aliphatic hydroxyl groups is 1. The van der Waals surface area contributed by atoms with Gasteiger partial charge >= 0.3 is 0 Å². The van der Waals surface area contributed by atoms with Crippen LogP contribution in [-0.2, 0) is 11.2 Å². The van der Waals surface area contributed by atoms with Crippen molar-refractivity contribution in [1.82, 2.24) is 10.5 Å². The zero-order valence-electron chi connectivity index (χ0n) is 14.2. The van der Waals surface area contributed by atoms with Crippen LogP contribution in [-0.4, -0.2) is 28.8 Å². The quantitative estimate of drug-likeness (QED) is 0.694. The number of hydrogen-bond donors (Lipinski definition) is 2. The summed E-state index contributed by atoms with van der Waals surface area (Å²) in [4.78, 5) is 12.3. The molecule has 1 amide bonds. The molecule has 2 N–H and O–H groups in total. The van der Waals surface area contributed by atoms with E-state index in [1.54, 1.807) is 6.92 Å². The summed E-state index contributed by atoms with van der Waals surface area (Å²) in [6.45, 7) is 2.24. The summed E-state index contributed by atoms with van der Waals surface area (Å²) in [7, 11) is 0. The van der Waals surface area contributed by atoms with E-state index in [0.29, 0.717) is 24.2 Å². The van der Waals surface area contributed by atoms with Crippen molar-refractivity contribution in [2.45, 2.75) is 31.8 Å². The second-order valence-corrected chi connectivity index (χ2v) is 6.30. The first-order valence-electron chi connectivity index (χ1n) is 8.46. The van der Waals surface area contributed by atoms with E-state index in [-0.39, 0.29) is 18.2 Å². The van der Waals surface area contributed by atoms with Gasteiger partial charge in [-0.05, 0) is 31.0 Å². The smallest absolute Gasteiger partial charge is 0.226 e. The minimum Gasteiger partial charge on any atom is -0.393 e. The number of hydrogen-bond acceptors (Lipinski definition) is 4. The molecule has 0 spiro atoms. The fraction of sp³-hybridized carbons (Fsp3) is 0.300. The molecule has 2 aromatic carbocycles. The molecule has 130 valence electrons. The SMILES string of the molecule is CC(O)CC(CNC(=O)Cc1noc2ccccc12)c1ccccc1. The first-order valence-corrected chi connectivity index (χ1v) is 8.46.